The van der Waals surface area contributed by atoms with Gasteiger partial charge in [-0.05, 0) is 29.7 Å². The maximum atomic E-state index is 12.0. The Morgan fingerprint density at radius 3 is 2.79 bits per heavy atom. The van der Waals surface area contributed by atoms with Crippen LogP contribution in [0.3, 0.4) is 0 Å². The first-order valence-corrected chi connectivity index (χ1v) is 10.1. The van der Waals surface area contributed by atoms with Crippen molar-refractivity contribution in [1.82, 2.24) is 14.5 Å². The van der Waals surface area contributed by atoms with Gasteiger partial charge in [0.1, 0.15) is 17.0 Å². The summed E-state index contributed by atoms with van der Waals surface area (Å²) in [5, 5.41) is 14.2. The van der Waals surface area contributed by atoms with E-state index in [0.717, 1.165) is 34.9 Å². The second-order valence-corrected chi connectivity index (χ2v) is 8.06. The Balaban J connectivity index is 1.47. The fourth-order valence-electron chi connectivity index (χ4n) is 3.25. The molecule has 8 heteroatoms. The molecule has 1 amide bonds. The molecule has 5 rings (SSSR count). The molecule has 1 saturated carbocycles. The van der Waals surface area contributed by atoms with Crippen LogP contribution in [0.25, 0.3) is 22.0 Å². The first-order valence-electron chi connectivity index (χ1n) is 9.28. The zero-order chi connectivity index (χ0) is 20.0. The monoisotopic (exact) mass is 402 g/mol. The van der Waals surface area contributed by atoms with Gasteiger partial charge in [0.25, 0.3) is 0 Å². The van der Waals surface area contributed by atoms with Crippen LogP contribution in [0.5, 0.6) is 0 Å². The highest BCUT2D eigenvalue weighted by Crippen LogP contribution is 2.33. The van der Waals surface area contributed by atoms with Crippen LogP contribution in [-0.4, -0.2) is 26.3 Å². The number of carbonyl (C=O) groups excluding carboxylic acids is 1. The Labute approximate surface area is 170 Å². The van der Waals surface area contributed by atoms with Gasteiger partial charge in [0.15, 0.2) is 11.0 Å². The lowest BCUT2D eigenvalue weighted by atomic mass is 10.1. The highest BCUT2D eigenvalue weighted by molar-refractivity contribution is 7.18. The average Bonchev–Trinajstić information content (AvgIpc) is 3.36. The van der Waals surface area contributed by atoms with Gasteiger partial charge in [-0.25, -0.2) is 9.97 Å². The number of aromatic nitrogens is 3. The number of nitrogens with zero attached hydrogens (tertiary/aromatic N) is 3. The molecule has 29 heavy (non-hydrogen) atoms. The molecule has 0 bridgehead atoms. The third-order valence-electron chi connectivity index (χ3n) is 4.97. The number of thiazole rings is 1. The van der Waals surface area contributed by atoms with Crippen molar-refractivity contribution < 1.29 is 4.79 Å². The van der Waals surface area contributed by atoms with E-state index in [1.807, 2.05) is 18.2 Å². The van der Waals surface area contributed by atoms with Crippen molar-refractivity contribution in [3.63, 3.8) is 0 Å². The third kappa shape index (κ3) is 3.27. The molecule has 1 aliphatic carbocycles. The van der Waals surface area contributed by atoms with Crippen molar-refractivity contribution in [3.05, 3.63) is 59.9 Å². The summed E-state index contributed by atoms with van der Waals surface area (Å²) in [6, 6.07) is 14.3. The van der Waals surface area contributed by atoms with E-state index in [1.54, 1.807) is 17.1 Å². The minimum atomic E-state index is -0.0312. The molecule has 1 aliphatic rings. The van der Waals surface area contributed by atoms with Crippen molar-refractivity contribution in [2.75, 3.05) is 11.1 Å². The average molecular weight is 402 g/mol. The second kappa shape index (κ2) is 6.82. The number of hydrogen-bond donors (Lipinski definition) is 3. The van der Waals surface area contributed by atoms with Crippen LogP contribution < -0.4 is 11.1 Å². The Kier molecular flexibility index (Phi) is 4.13. The van der Waals surface area contributed by atoms with Crippen LogP contribution in [0.4, 0.5) is 10.9 Å². The molecule has 0 radical (unpaired) electrons. The number of nitrogen functional groups attached to an aromatic ring is 1. The molecule has 4 aromatic rings. The third-order valence-corrected chi connectivity index (χ3v) is 5.96. The van der Waals surface area contributed by atoms with Gasteiger partial charge < -0.3 is 11.1 Å². The first-order chi connectivity index (χ1) is 14.1. The van der Waals surface area contributed by atoms with E-state index < -0.39 is 0 Å². The number of hydrogen-bond acceptors (Lipinski definition) is 6. The van der Waals surface area contributed by atoms with Crippen LogP contribution in [0.2, 0.25) is 0 Å². The summed E-state index contributed by atoms with van der Waals surface area (Å²) < 4.78 is 1.68. The highest BCUT2D eigenvalue weighted by Gasteiger charge is 2.30. The fourth-order valence-corrected chi connectivity index (χ4v) is 4.09. The lowest BCUT2D eigenvalue weighted by molar-refractivity contribution is -0.117. The smallest absolute Gasteiger partial charge is 0.229 e. The summed E-state index contributed by atoms with van der Waals surface area (Å²) in [5.41, 5.74) is 7.80. The van der Waals surface area contributed by atoms with Gasteiger partial charge in [-0.2, -0.15) is 0 Å². The van der Waals surface area contributed by atoms with Gasteiger partial charge in [-0.15, -0.1) is 0 Å². The highest BCUT2D eigenvalue weighted by atomic mass is 32.1. The molecule has 0 unspecified atom stereocenters. The Bertz CT molecular complexity index is 1250. The van der Waals surface area contributed by atoms with E-state index in [4.69, 9.17) is 11.1 Å². The second-order valence-electron chi connectivity index (χ2n) is 7.06. The number of fused-ring (bicyclic) bond motifs is 1. The standard InChI is InChI=1S/C21H18N6OS/c22-18-17(29-21(25-18)26-20(28)13-6-7-13)19(23)27-11-24-10-16(27)15-8-5-12-3-1-2-4-14(12)9-15/h1-5,8-11,13,23H,6-7,22H2,(H,25,26,28). The van der Waals surface area contributed by atoms with Gasteiger partial charge in [-0.3, -0.25) is 14.8 Å². The lowest BCUT2D eigenvalue weighted by Gasteiger charge is -2.09. The van der Waals surface area contributed by atoms with Crippen LogP contribution >= 0.6 is 11.3 Å². The minimum Gasteiger partial charge on any atom is -0.382 e. The van der Waals surface area contributed by atoms with E-state index in [1.165, 1.54) is 11.3 Å². The van der Waals surface area contributed by atoms with E-state index in [-0.39, 0.29) is 23.5 Å². The molecule has 0 atom stereocenters. The number of nitrogens with two attached hydrogens (primary N) is 1. The molecule has 7 nitrogen and oxygen atoms in total. The van der Waals surface area contributed by atoms with Gasteiger partial charge in [0, 0.05) is 11.5 Å². The van der Waals surface area contributed by atoms with Crippen molar-refractivity contribution in [3.8, 4) is 11.3 Å². The topological polar surface area (TPSA) is 110 Å². The molecule has 0 aliphatic heterocycles. The maximum Gasteiger partial charge on any atom is 0.229 e. The van der Waals surface area contributed by atoms with Crippen LogP contribution in [-0.2, 0) is 4.79 Å². The van der Waals surface area contributed by atoms with Gasteiger partial charge in [0.2, 0.25) is 5.91 Å². The molecule has 2 aromatic heterocycles. The quantitative estimate of drug-likeness (QED) is 0.354. The normalized spacial score (nSPS) is 13.5. The van der Waals surface area contributed by atoms with E-state index in [9.17, 15) is 4.79 Å². The van der Waals surface area contributed by atoms with Crippen LogP contribution in [0.1, 0.15) is 17.7 Å². The molecule has 2 aromatic carbocycles. The SMILES string of the molecule is N=C(c1sc(NC(=O)C2CC2)nc1N)n1cncc1-c1ccc2ccccc2c1. The number of carbonyl (C=O) groups is 1. The largest absolute Gasteiger partial charge is 0.382 e. The summed E-state index contributed by atoms with van der Waals surface area (Å²) in [4.78, 5) is 20.9. The van der Waals surface area contributed by atoms with E-state index in [2.05, 4.69) is 39.6 Å². The fraction of sp³-hybridized carbons (Fsp3) is 0.143. The predicted octanol–water partition coefficient (Wildman–Crippen LogP) is 3.96. The molecule has 1 fully saturated rings. The molecular weight excluding hydrogens is 384 g/mol. The lowest BCUT2D eigenvalue weighted by Crippen LogP contribution is -2.12. The minimum absolute atomic E-state index is 0.0312. The number of benzene rings is 2. The van der Waals surface area contributed by atoms with Gasteiger partial charge in [-0.1, -0.05) is 47.7 Å². The molecule has 144 valence electrons. The number of rotatable bonds is 4. The Morgan fingerprint density at radius 2 is 2.00 bits per heavy atom. The van der Waals surface area contributed by atoms with Gasteiger partial charge in [0.05, 0.1) is 11.9 Å². The number of nitrogens with one attached hydrogen (secondary N) is 2. The van der Waals surface area contributed by atoms with Crippen molar-refractivity contribution >= 4 is 44.8 Å². The summed E-state index contributed by atoms with van der Waals surface area (Å²) in [5.74, 6) is 0.448. The molecule has 0 saturated heterocycles. The summed E-state index contributed by atoms with van der Waals surface area (Å²) in [6.45, 7) is 0. The van der Waals surface area contributed by atoms with Crippen molar-refractivity contribution in [1.29, 1.82) is 5.41 Å². The van der Waals surface area contributed by atoms with Crippen LogP contribution in [0.15, 0.2) is 55.0 Å². The molecule has 4 N–H and O–H groups in total. The van der Waals surface area contributed by atoms with Crippen LogP contribution in [0, 0.1) is 11.3 Å². The zero-order valence-corrected chi connectivity index (χ0v) is 16.2. The first kappa shape index (κ1) is 17.6. The maximum absolute atomic E-state index is 12.0. The summed E-state index contributed by atoms with van der Waals surface area (Å²) in [6.07, 6.45) is 5.15. The predicted molar refractivity (Wildman–Crippen MR) is 115 cm³/mol. The van der Waals surface area contributed by atoms with Crippen molar-refractivity contribution in [2.45, 2.75) is 12.8 Å². The number of amides is 1. The molecular formula is C21H18N6OS. The number of anilines is 2. The Morgan fingerprint density at radius 1 is 1.21 bits per heavy atom. The van der Waals surface area contributed by atoms with Crippen molar-refractivity contribution in [2.24, 2.45) is 5.92 Å². The summed E-state index contributed by atoms with van der Waals surface area (Å²) >= 11 is 1.20. The molecule has 0 spiro atoms. The zero-order valence-electron chi connectivity index (χ0n) is 15.4. The van der Waals surface area contributed by atoms with E-state index >= 15 is 0 Å². The number of imidazole rings is 1. The van der Waals surface area contributed by atoms with Gasteiger partial charge >= 0.3 is 0 Å². The molecule has 2 heterocycles. The van der Waals surface area contributed by atoms with E-state index in [0.29, 0.717) is 10.0 Å². The summed E-state index contributed by atoms with van der Waals surface area (Å²) in [7, 11) is 0. The Hall–Kier alpha value is -3.52.